The van der Waals surface area contributed by atoms with Crippen molar-refractivity contribution < 1.29 is 10.0 Å². The Labute approximate surface area is 93.5 Å². The van der Waals surface area contributed by atoms with Gasteiger partial charge in [0, 0.05) is 11.8 Å². The van der Waals surface area contributed by atoms with Gasteiger partial charge in [0.1, 0.15) is 0 Å². The number of anilines is 1. The van der Waals surface area contributed by atoms with Crippen LogP contribution in [0.25, 0.3) is 0 Å². The number of nitrogens with zero attached hydrogens (tertiary/aromatic N) is 2. The van der Waals surface area contributed by atoms with Crippen molar-refractivity contribution in [1.29, 1.82) is 0 Å². The molecular formula is C10H15N3O3. The van der Waals surface area contributed by atoms with Crippen molar-refractivity contribution in [3.05, 3.63) is 27.9 Å². The van der Waals surface area contributed by atoms with Gasteiger partial charge in [-0.05, 0) is 19.4 Å². The Morgan fingerprint density at radius 3 is 2.88 bits per heavy atom. The minimum Gasteiger partial charge on any atom is -0.394 e. The molecule has 1 aromatic heterocycles. The lowest BCUT2D eigenvalue weighted by molar-refractivity contribution is -0.384. The van der Waals surface area contributed by atoms with Crippen molar-refractivity contribution in [3.8, 4) is 0 Å². The van der Waals surface area contributed by atoms with Gasteiger partial charge in [0.05, 0.1) is 17.6 Å². The first kappa shape index (κ1) is 12.4. The molecule has 1 rings (SSSR count). The molecule has 0 radical (unpaired) electrons. The van der Waals surface area contributed by atoms with Crippen LogP contribution < -0.4 is 5.32 Å². The smallest absolute Gasteiger partial charge is 0.314 e. The Hall–Kier alpha value is -1.69. The van der Waals surface area contributed by atoms with Crippen molar-refractivity contribution in [2.45, 2.75) is 26.3 Å². The van der Waals surface area contributed by atoms with Crippen LogP contribution in [0.5, 0.6) is 0 Å². The van der Waals surface area contributed by atoms with Gasteiger partial charge in [-0.3, -0.25) is 10.1 Å². The van der Waals surface area contributed by atoms with Gasteiger partial charge in [0.2, 0.25) is 5.82 Å². The number of hydrogen-bond donors (Lipinski definition) is 2. The van der Waals surface area contributed by atoms with Crippen LogP contribution in [0.2, 0.25) is 0 Å². The van der Waals surface area contributed by atoms with Crippen LogP contribution in [0, 0.1) is 17.0 Å². The normalized spacial score (nSPS) is 12.2. The average Bonchev–Trinajstić information content (AvgIpc) is 2.25. The molecule has 1 atom stereocenters. The number of aliphatic hydroxyl groups is 1. The summed E-state index contributed by atoms with van der Waals surface area (Å²) in [6.07, 6.45) is 2.18. The average molecular weight is 225 g/mol. The van der Waals surface area contributed by atoms with Crippen LogP contribution in [0.15, 0.2) is 12.3 Å². The van der Waals surface area contributed by atoms with E-state index in [-0.39, 0.29) is 24.2 Å². The zero-order valence-corrected chi connectivity index (χ0v) is 9.30. The summed E-state index contributed by atoms with van der Waals surface area (Å²) in [5.41, 5.74) is 0.518. The monoisotopic (exact) mass is 225 g/mol. The number of pyridine rings is 1. The Morgan fingerprint density at radius 1 is 1.69 bits per heavy atom. The first-order valence-corrected chi connectivity index (χ1v) is 5.07. The highest BCUT2D eigenvalue weighted by Crippen LogP contribution is 2.26. The first-order chi connectivity index (χ1) is 7.60. The molecule has 0 bridgehead atoms. The minimum atomic E-state index is -0.464. The summed E-state index contributed by atoms with van der Waals surface area (Å²) in [6, 6.07) is 1.37. The number of rotatable bonds is 5. The molecule has 6 heteroatoms. The van der Waals surface area contributed by atoms with Gasteiger partial charge >= 0.3 is 5.69 Å². The highest BCUT2D eigenvalue weighted by molar-refractivity contribution is 5.60. The first-order valence-electron chi connectivity index (χ1n) is 5.07. The Bertz CT molecular complexity index is 378. The van der Waals surface area contributed by atoms with Gasteiger partial charge in [0.15, 0.2) is 0 Å². The fourth-order valence-electron chi connectivity index (χ4n) is 1.36. The Kier molecular flexibility index (Phi) is 4.19. The lowest BCUT2D eigenvalue weighted by Gasteiger charge is -2.14. The molecule has 6 nitrogen and oxygen atoms in total. The maximum Gasteiger partial charge on any atom is 0.314 e. The van der Waals surface area contributed by atoms with Gasteiger partial charge in [-0.2, -0.15) is 0 Å². The second-order valence-corrected chi connectivity index (χ2v) is 3.51. The van der Waals surface area contributed by atoms with Crippen molar-refractivity contribution >= 4 is 11.5 Å². The molecule has 0 saturated carbocycles. The topological polar surface area (TPSA) is 88.3 Å². The molecule has 88 valence electrons. The number of aryl methyl sites for hydroxylation is 1. The number of nitro groups is 1. The van der Waals surface area contributed by atoms with E-state index in [0.717, 1.165) is 0 Å². The van der Waals surface area contributed by atoms with E-state index in [0.29, 0.717) is 12.0 Å². The van der Waals surface area contributed by atoms with E-state index in [1.54, 1.807) is 13.0 Å². The molecule has 0 aliphatic rings. The zero-order valence-electron chi connectivity index (χ0n) is 9.30. The van der Waals surface area contributed by atoms with Gasteiger partial charge in [-0.1, -0.05) is 6.92 Å². The van der Waals surface area contributed by atoms with Crippen molar-refractivity contribution in [1.82, 2.24) is 4.98 Å². The van der Waals surface area contributed by atoms with Crippen LogP contribution in [0.3, 0.4) is 0 Å². The molecule has 1 aromatic rings. The molecule has 0 aliphatic carbocycles. The van der Waals surface area contributed by atoms with Gasteiger partial charge in [-0.15, -0.1) is 0 Å². The fourth-order valence-corrected chi connectivity index (χ4v) is 1.36. The van der Waals surface area contributed by atoms with E-state index in [1.165, 1.54) is 6.20 Å². The van der Waals surface area contributed by atoms with Crippen LogP contribution in [-0.2, 0) is 0 Å². The molecule has 2 N–H and O–H groups in total. The van der Waals surface area contributed by atoms with Gasteiger partial charge < -0.3 is 10.4 Å². The molecule has 1 unspecified atom stereocenters. The molecule has 0 aliphatic heterocycles. The highest BCUT2D eigenvalue weighted by atomic mass is 16.6. The second kappa shape index (κ2) is 5.41. The summed E-state index contributed by atoms with van der Waals surface area (Å²) in [4.78, 5) is 14.3. The summed E-state index contributed by atoms with van der Waals surface area (Å²) in [5.74, 6) is 0.214. The summed E-state index contributed by atoms with van der Waals surface area (Å²) in [5, 5.41) is 22.8. The van der Waals surface area contributed by atoms with E-state index >= 15 is 0 Å². The van der Waals surface area contributed by atoms with Crippen LogP contribution in [0.4, 0.5) is 11.5 Å². The van der Waals surface area contributed by atoms with Crippen LogP contribution in [-0.4, -0.2) is 27.7 Å². The molecule has 16 heavy (non-hydrogen) atoms. The predicted octanol–water partition coefficient (Wildman–Crippen LogP) is 1.48. The standard InChI is InChI=1S/C10H15N3O3/c1-3-8(6-14)12-10-9(13(15)16)7(2)4-5-11-10/h4-5,8,14H,3,6H2,1-2H3,(H,11,12). The Morgan fingerprint density at radius 2 is 2.38 bits per heavy atom. The maximum absolute atomic E-state index is 10.9. The van der Waals surface area contributed by atoms with E-state index in [4.69, 9.17) is 5.11 Å². The number of hydrogen-bond acceptors (Lipinski definition) is 5. The molecule has 0 amide bonds. The largest absolute Gasteiger partial charge is 0.394 e. The summed E-state index contributed by atoms with van der Waals surface area (Å²) >= 11 is 0. The third-order valence-electron chi connectivity index (χ3n) is 2.36. The Balaban J connectivity index is 3.03. The van der Waals surface area contributed by atoms with E-state index in [9.17, 15) is 10.1 Å². The van der Waals surface area contributed by atoms with Crippen molar-refractivity contribution in [2.75, 3.05) is 11.9 Å². The van der Waals surface area contributed by atoms with Crippen molar-refractivity contribution in [2.24, 2.45) is 0 Å². The highest BCUT2D eigenvalue weighted by Gasteiger charge is 2.20. The summed E-state index contributed by atoms with van der Waals surface area (Å²) in [6.45, 7) is 3.46. The minimum absolute atomic E-state index is 0.0330. The lowest BCUT2D eigenvalue weighted by Crippen LogP contribution is -2.23. The number of aliphatic hydroxyl groups excluding tert-OH is 1. The van der Waals surface area contributed by atoms with E-state index in [2.05, 4.69) is 10.3 Å². The fraction of sp³-hybridized carbons (Fsp3) is 0.500. The third-order valence-corrected chi connectivity index (χ3v) is 2.36. The summed E-state index contributed by atoms with van der Waals surface area (Å²) < 4.78 is 0. The van der Waals surface area contributed by atoms with Gasteiger partial charge in [-0.25, -0.2) is 4.98 Å². The third kappa shape index (κ3) is 2.66. The SMILES string of the molecule is CCC(CO)Nc1nccc(C)c1[N+](=O)[O-]. The zero-order chi connectivity index (χ0) is 12.1. The molecular weight excluding hydrogens is 210 g/mol. The lowest BCUT2D eigenvalue weighted by atomic mass is 10.2. The molecule has 0 fully saturated rings. The predicted molar refractivity (Wildman–Crippen MR) is 60.4 cm³/mol. The molecule has 0 saturated heterocycles. The molecule has 0 spiro atoms. The quantitative estimate of drug-likeness (QED) is 0.585. The molecule has 1 heterocycles. The second-order valence-electron chi connectivity index (χ2n) is 3.51. The number of aromatic nitrogens is 1. The maximum atomic E-state index is 10.9. The van der Waals surface area contributed by atoms with Gasteiger partial charge in [0.25, 0.3) is 0 Å². The number of nitrogens with one attached hydrogen (secondary N) is 1. The molecule has 0 aromatic carbocycles. The van der Waals surface area contributed by atoms with Crippen LogP contribution in [0.1, 0.15) is 18.9 Å². The van der Waals surface area contributed by atoms with Crippen molar-refractivity contribution in [3.63, 3.8) is 0 Å². The van der Waals surface area contributed by atoms with Crippen LogP contribution >= 0.6 is 0 Å². The van der Waals surface area contributed by atoms with E-state index < -0.39 is 4.92 Å². The summed E-state index contributed by atoms with van der Waals surface area (Å²) in [7, 11) is 0. The van der Waals surface area contributed by atoms with E-state index in [1.807, 2.05) is 6.92 Å².